The van der Waals surface area contributed by atoms with Crippen LogP contribution in [0.2, 0.25) is 0 Å². The number of sulfonamides is 1. The van der Waals surface area contributed by atoms with Crippen LogP contribution in [0.3, 0.4) is 0 Å². The van der Waals surface area contributed by atoms with Crippen molar-refractivity contribution < 1.29 is 22.8 Å². The molecular weight excluding hydrogens is 366 g/mol. The number of nitrogens with one attached hydrogen (secondary N) is 3. The van der Waals surface area contributed by atoms with Crippen molar-refractivity contribution in [1.82, 2.24) is 5.32 Å². The Morgan fingerprint density at radius 3 is 2.33 bits per heavy atom. The molecule has 0 spiro atoms. The van der Waals surface area contributed by atoms with Crippen LogP contribution in [0, 0.1) is 0 Å². The SMILES string of the molecule is O=C(NCC[NH+]1CCOCC1)c1ccc(S(=O)(=O)Nc2ccccc2)cc1. The summed E-state index contributed by atoms with van der Waals surface area (Å²) >= 11 is 0. The lowest BCUT2D eigenvalue weighted by Gasteiger charge is -2.23. The van der Waals surface area contributed by atoms with E-state index >= 15 is 0 Å². The normalized spacial score (nSPS) is 15.3. The second kappa shape index (κ2) is 8.98. The number of morpholine rings is 1. The first-order valence-corrected chi connectivity index (χ1v) is 10.4. The van der Waals surface area contributed by atoms with Crippen molar-refractivity contribution in [3.8, 4) is 0 Å². The molecule has 2 aromatic rings. The molecule has 7 nitrogen and oxygen atoms in total. The molecule has 3 N–H and O–H groups in total. The smallest absolute Gasteiger partial charge is 0.261 e. The van der Waals surface area contributed by atoms with E-state index in [4.69, 9.17) is 4.74 Å². The highest BCUT2D eigenvalue weighted by atomic mass is 32.2. The lowest BCUT2D eigenvalue weighted by Crippen LogP contribution is -3.14. The molecule has 0 unspecified atom stereocenters. The van der Waals surface area contributed by atoms with E-state index in [1.807, 2.05) is 6.07 Å². The Hall–Kier alpha value is -2.42. The fourth-order valence-electron chi connectivity index (χ4n) is 2.87. The molecule has 1 aliphatic rings. The number of ether oxygens (including phenoxy) is 1. The van der Waals surface area contributed by atoms with Gasteiger partial charge in [-0.15, -0.1) is 0 Å². The minimum atomic E-state index is -3.68. The molecule has 0 saturated carbocycles. The predicted octanol–water partition coefficient (Wildman–Crippen LogP) is 0.132. The average molecular weight is 390 g/mol. The second-order valence-electron chi connectivity index (χ2n) is 6.36. The summed E-state index contributed by atoms with van der Waals surface area (Å²) in [7, 11) is -3.68. The van der Waals surface area contributed by atoms with Gasteiger partial charge in [0.25, 0.3) is 15.9 Å². The van der Waals surface area contributed by atoms with Crippen LogP contribution >= 0.6 is 0 Å². The molecule has 1 saturated heterocycles. The number of hydrogen-bond donors (Lipinski definition) is 3. The number of carbonyl (C=O) groups excluding carboxylic acids is 1. The van der Waals surface area contributed by atoms with Crippen LogP contribution in [0.15, 0.2) is 59.5 Å². The maximum Gasteiger partial charge on any atom is 0.261 e. The van der Waals surface area contributed by atoms with Gasteiger partial charge in [0.05, 0.1) is 31.2 Å². The highest BCUT2D eigenvalue weighted by molar-refractivity contribution is 7.92. The third-order valence-corrected chi connectivity index (χ3v) is 5.81. The Morgan fingerprint density at radius 1 is 1.00 bits per heavy atom. The van der Waals surface area contributed by atoms with Crippen LogP contribution in [-0.2, 0) is 14.8 Å². The Balaban J connectivity index is 1.55. The van der Waals surface area contributed by atoms with Crippen LogP contribution < -0.4 is 14.9 Å². The molecule has 8 heteroatoms. The van der Waals surface area contributed by atoms with Gasteiger partial charge in [0.1, 0.15) is 13.1 Å². The maximum atomic E-state index is 12.4. The van der Waals surface area contributed by atoms with Crippen molar-refractivity contribution in [2.24, 2.45) is 0 Å². The molecule has 1 fully saturated rings. The lowest BCUT2D eigenvalue weighted by atomic mass is 10.2. The van der Waals surface area contributed by atoms with Crippen LogP contribution in [0.5, 0.6) is 0 Å². The third kappa shape index (κ3) is 5.53. The Bertz CT molecular complexity index is 848. The van der Waals surface area contributed by atoms with E-state index in [0.29, 0.717) is 17.8 Å². The second-order valence-corrected chi connectivity index (χ2v) is 8.05. The van der Waals surface area contributed by atoms with E-state index in [0.717, 1.165) is 32.8 Å². The molecule has 1 amide bonds. The molecule has 0 aliphatic carbocycles. The van der Waals surface area contributed by atoms with Gasteiger partial charge >= 0.3 is 0 Å². The van der Waals surface area contributed by atoms with Gasteiger partial charge in [-0.05, 0) is 36.4 Å². The predicted molar refractivity (Wildman–Crippen MR) is 102 cm³/mol. The Kier molecular flexibility index (Phi) is 6.44. The van der Waals surface area contributed by atoms with Gasteiger partial charge in [0.15, 0.2) is 0 Å². The molecule has 144 valence electrons. The largest absolute Gasteiger partial charge is 0.370 e. The summed E-state index contributed by atoms with van der Waals surface area (Å²) in [5.41, 5.74) is 0.926. The van der Waals surface area contributed by atoms with Crippen molar-refractivity contribution in [2.45, 2.75) is 4.90 Å². The van der Waals surface area contributed by atoms with Gasteiger partial charge < -0.3 is 15.0 Å². The molecule has 0 aromatic heterocycles. The zero-order valence-electron chi connectivity index (χ0n) is 15.0. The Labute approximate surface area is 159 Å². The van der Waals surface area contributed by atoms with E-state index in [2.05, 4.69) is 10.0 Å². The minimum Gasteiger partial charge on any atom is -0.370 e. The number of benzene rings is 2. The zero-order chi connectivity index (χ0) is 19.1. The monoisotopic (exact) mass is 390 g/mol. The summed E-state index contributed by atoms with van der Waals surface area (Å²) in [5, 5.41) is 2.88. The van der Waals surface area contributed by atoms with Crippen molar-refractivity contribution in [2.75, 3.05) is 44.1 Å². The minimum absolute atomic E-state index is 0.112. The van der Waals surface area contributed by atoms with Crippen LogP contribution in [-0.4, -0.2) is 53.7 Å². The third-order valence-electron chi connectivity index (χ3n) is 4.42. The van der Waals surface area contributed by atoms with Gasteiger partial charge in [0, 0.05) is 11.3 Å². The molecule has 0 radical (unpaired) electrons. The molecule has 0 bridgehead atoms. The fraction of sp³-hybridized carbons (Fsp3) is 0.316. The summed E-state index contributed by atoms with van der Waals surface area (Å²) in [6.45, 7) is 4.85. The number of amides is 1. The van der Waals surface area contributed by atoms with Gasteiger partial charge in [-0.25, -0.2) is 8.42 Å². The summed E-state index contributed by atoms with van der Waals surface area (Å²) in [6.07, 6.45) is 0. The van der Waals surface area contributed by atoms with Crippen molar-refractivity contribution >= 4 is 21.6 Å². The summed E-state index contributed by atoms with van der Waals surface area (Å²) in [6, 6.07) is 14.6. The summed E-state index contributed by atoms with van der Waals surface area (Å²) < 4.78 is 32.6. The van der Waals surface area contributed by atoms with Crippen LogP contribution in [0.25, 0.3) is 0 Å². The first-order chi connectivity index (χ1) is 13.0. The van der Waals surface area contributed by atoms with Crippen molar-refractivity contribution in [1.29, 1.82) is 0 Å². The van der Waals surface area contributed by atoms with Crippen LogP contribution in [0.1, 0.15) is 10.4 Å². The number of quaternary nitrogens is 1. The first-order valence-electron chi connectivity index (χ1n) is 8.92. The molecule has 3 rings (SSSR count). The Morgan fingerprint density at radius 2 is 1.67 bits per heavy atom. The van der Waals surface area contributed by atoms with Crippen molar-refractivity contribution in [3.05, 3.63) is 60.2 Å². The lowest BCUT2D eigenvalue weighted by molar-refractivity contribution is -0.906. The highest BCUT2D eigenvalue weighted by Gasteiger charge is 2.16. The van der Waals surface area contributed by atoms with Crippen LogP contribution in [0.4, 0.5) is 5.69 Å². The summed E-state index contributed by atoms with van der Waals surface area (Å²) in [5.74, 6) is -0.206. The van der Waals surface area contributed by atoms with E-state index in [1.54, 1.807) is 24.3 Å². The number of hydrogen-bond acceptors (Lipinski definition) is 4. The van der Waals surface area contributed by atoms with Crippen molar-refractivity contribution in [3.63, 3.8) is 0 Å². The number of para-hydroxylation sites is 1. The van der Waals surface area contributed by atoms with Gasteiger partial charge in [-0.3, -0.25) is 9.52 Å². The van der Waals surface area contributed by atoms with E-state index in [-0.39, 0.29) is 10.8 Å². The van der Waals surface area contributed by atoms with E-state index < -0.39 is 10.0 Å². The highest BCUT2D eigenvalue weighted by Crippen LogP contribution is 2.16. The molecular formula is C19H24N3O4S+. The standard InChI is InChI=1S/C19H23N3O4S/c23-19(20-10-11-22-12-14-26-15-13-22)16-6-8-18(9-7-16)27(24,25)21-17-4-2-1-3-5-17/h1-9,21H,10-15H2,(H,20,23)/p+1. The maximum absolute atomic E-state index is 12.4. The average Bonchev–Trinajstić information content (AvgIpc) is 2.69. The van der Waals surface area contributed by atoms with Gasteiger partial charge in [0.2, 0.25) is 0 Å². The first kappa shape index (κ1) is 19.3. The van der Waals surface area contributed by atoms with E-state index in [1.165, 1.54) is 29.2 Å². The summed E-state index contributed by atoms with van der Waals surface area (Å²) in [4.78, 5) is 13.8. The topological polar surface area (TPSA) is 88.9 Å². The van der Waals surface area contributed by atoms with Gasteiger partial charge in [-0.1, -0.05) is 18.2 Å². The number of anilines is 1. The quantitative estimate of drug-likeness (QED) is 0.627. The molecule has 27 heavy (non-hydrogen) atoms. The van der Waals surface area contributed by atoms with Gasteiger partial charge in [-0.2, -0.15) is 0 Å². The van der Waals surface area contributed by atoms with E-state index in [9.17, 15) is 13.2 Å². The zero-order valence-corrected chi connectivity index (χ0v) is 15.8. The fourth-order valence-corrected chi connectivity index (χ4v) is 3.93. The molecule has 1 aliphatic heterocycles. The molecule has 2 aromatic carbocycles. The molecule has 0 atom stereocenters. The molecule has 1 heterocycles. The number of carbonyl (C=O) groups is 1. The number of rotatable bonds is 7.